The third-order valence-corrected chi connectivity index (χ3v) is 7.00. The highest BCUT2D eigenvalue weighted by Gasteiger charge is 2.32. The molecule has 1 fully saturated rings. The quantitative estimate of drug-likeness (QED) is 0.540. The number of hydrogen-bond acceptors (Lipinski definition) is 6. The summed E-state index contributed by atoms with van der Waals surface area (Å²) in [4.78, 5) is 8.34. The summed E-state index contributed by atoms with van der Waals surface area (Å²) in [5, 5.41) is 16.4. The Morgan fingerprint density at radius 2 is 1.97 bits per heavy atom. The van der Waals surface area contributed by atoms with E-state index in [9.17, 15) is 13.2 Å². The molecule has 1 aliphatic heterocycles. The van der Waals surface area contributed by atoms with Crippen LogP contribution in [0.1, 0.15) is 50.8 Å². The van der Waals surface area contributed by atoms with Gasteiger partial charge in [0, 0.05) is 25.8 Å². The number of aromatic nitrogens is 3. The van der Waals surface area contributed by atoms with E-state index in [0.717, 1.165) is 31.7 Å². The zero-order valence-electron chi connectivity index (χ0n) is 19.5. The van der Waals surface area contributed by atoms with Crippen molar-refractivity contribution in [2.45, 2.75) is 70.9 Å². The second kappa shape index (κ2) is 9.52. The van der Waals surface area contributed by atoms with Gasteiger partial charge in [0.25, 0.3) is 0 Å². The summed E-state index contributed by atoms with van der Waals surface area (Å²) >= 11 is 5.76. The molecule has 3 N–H and O–H groups in total. The Morgan fingerprint density at radius 1 is 1.26 bits per heavy atom. The smallest absolute Gasteiger partial charge is 0.368 e. The van der Waals surface area contributed by atoms with Crippen LogP contribution in [-0.4, -0.2) is 26.2 Å². The van der Waals surface area contributed by atoms with Gasteiger partial charge in [-0.3, -0.25) is 15.0 Å². The van der Waals surface area contributed by atoms with Crippen LogP contribution in [0, 0.1) is 16.0 Å². The third kappa shape index (κ3) is 4.89. The highest BCUT2D eigenvalue weighted by Crippen LogP contribution is 2.27. The number of hydrogen-bond donors (Lipinski definition) is 3. The second-order valence-electron chi connectivity index (χ2n) is 9.34. The summed E-state index contributed by atoms with van der Waals surface area (Å²) in [7, 11) is 1.86. The summed E-state index contributed by atoms with van der Waals surface area (Å²) in [6.07, 6.45) is 1.04. The average Bonchev–Trinajstić information content (AvgIpc) is 3.46. The lowest BCUT2D eigenvalue weighted by molar-refractivity contribution is -0.141. The maximum atomic E-state index is 12.9. The van der Waals surface area contributed by atoms with Crippen molar-refractivity contribution in [1.82, 2.24) is 24.8 Å². The number of nitrogens with one attached hydrogen (secondary N) is 3. The van der Waals surface area contributed by atoms with E-state index >= 15 is 0 Å². The number of halogens is 3. The molecule has 4 rings (SSSR count). The first-order valence-corrected chi connectivity index (χ1v) is 12.0. The summed E-state index contributed by atoms with van der Waals surface area (Å²) in [6.45, 7) is 5.08. The van der Waals surface area contributed by atoms with Gasteiger partial charge in [-0.15, -0.1) is 0 Å². The molecule has 2 aromatic rings. The minimum absolute atomic E-state index is 0.0809. The average molecular weight is 494 g/mol. The van der Waals surface area contributed by atoms with Gasteiger partial charge in [0.05, 0.1) is 17.8 Å². The zero-order valence-corrected chi connectivity index (χ0v) is 20.4. The topological polar surface area (TPSA) is 83.0 Å². The van der Waals surface area contributed by atoms with E-state index in [0.29, 0.717) is 39.3 Å². The molecule has 0 spiro atoms. The lowest BCUT2D eigenvalue weighted by atomic mass is 10.1. The van der Waals surface area contributed by atoms with Crippen LogP contribution in [0.25, 0.3) is 5.82 Å². The van der Waals surface area contributed by atoms with Crippen molar-refractivity contribution in [2.75, 3.05) is 0 Å². The molecule has 0 unspecified atom stereocenters. The highest BCUT2D eigenvalue weighted by molar-refractivity contribution is 7.71. The van der Waals surface area contributed by atoms with Gasteiger partial charge in [-0.1, -0.05) is 45.0 Å². The number of rotatable bonds is 6. The van der Waals surface area contributed by atoms with Crippen LogP contribution >= 0.6 is 12.2 Å². The Morgan fingerprint density at radius 3 is 2.56 bits per heavy atom. The Bertz CT molecular complexity index is 1290. The van der Waals surface area contributed by atoms with Crippen molar-refractivity contribution >= 4 is 18.0 Å². The van der Waals surface area contributed by atoms with Crippen LogP contribution in [0.4, 0.5) is 13.2 Å². The van der Waals surface area contributed by atoms with E-state index in [1.165, 1.54) is 12.3 Å². The lowest BCUT2D eigenvalue weighted by Crippen LogP contribution is -2.51. The van der Waals surface area contributed by atoms with Gasteiger partial charge in [-0.2, -0.15) is 13.2 Å². The van der Waals surface area contributed by atoms with E-state index in [2.05, 4.69) is 29.5 Å². The molecule has 7 nitrogen and oxygen atoms in total. The van der Waals surface area contributed by atoms with Crippen molar-refractivity contribution in [3.63, 3.8) is 0 Å². The second-order valence-corrected chi connectivity index (χ2v) is 9.73. The molecular formula is C23H30F3N7S. The predicted molar refractivity (Wildman–Crippen MR) is 124 cm³/mol. The fourth-order valence-electron chi connectivity index (χ4n) is 4.44. The molecule has 2 aromatic heterocycles. The van der Waals surface area contributed by atoms with Crippen LogP contribution in [0.5, 0.6) is 0 Å². The molecule has 3 heterocycles. The Hall–Kier alpha value is -2.69. The van der Waals surface area contributed by atoms with E-state index in [1.807, 2.05) is 16.2 Å². The van der Waals surface area contributed by atoms with Crippen LogP contribution in [-0.2, 0) is 26.3 Å². The van der Waals surface area contributed by atoms with Gasteiger partial charge in [-0.05, 0) is 30.4 Å². The SMILES string of the molecule is CC(C)[C@@H]1Cn2c(=N)/c(=C(\NCc3ccc(C(F)(F)F)nc3)NC3CCCC3)c(=S)n(C)c2=N1. The van der Waals surface area contributed by atoms with E-state index in [-0.39, 0.29) is 24.1 Å². The highest BCUT2D eigenvalue weighted by atomic mass is 32.1. The minimum Gasteiger partial charge on any atom is -0.368 e. The summed E-state index contributed by atoms with van der Waals surface area (Å²) < 4.78 is 42.8. The predicted octanol–water partition coefficient (Wildman–Crippen LogP) is 2.49. The molecule has 0 aromatic carbocycles. The minimum atomic E-state index is -4.47. The Kier molecular flexibility index (Phi) is 6.84. The monoisotopic (exact) mass is 493 g/mol. The molecule has 0 radical (unpaired) electrons. The fraction of sp³-hybridized carbons (Fsp3) is 0.565. The molecule has 2 aliphatic rings. The molecule has 1 saturated carbocycles. The van der Waals surface area contributed by atoms with Gasteiger partial charge in [-0.25, -0.2) is 4.99 Å². The van der Waals surface area contributed by atoms with Gasteiger partial charge < -0.3 is 15.2 Å². The standard InChI is InChI=1S/C23H30F3N7S/c1-13(2)16-12-33-19(27)18(21(34)32(3)22(33)31-16)20(30-15-6-4-5-7-15)29-11-14-8-9-17(28-10-14)23(24,25)26/h8-10,13,15-16,27,29-30H,4-7,11-12H2,1-3H3/b20-18-,27-19?/t16-/m0/s1. The summed E-state index contributed by atoms with van der Waals surface area (Å²) in [6, 6.07) is 2.72. The largest absolute Gasteiger partial charge is 0.433 e. The van der Waals surface area contributed by atoms with E-state index in [1.54, 1.807) is 0 Å². The first-order valence-electron chi connectivity index (χ1n) is 11.6. The number of pyridine rings is 1. The van der Waals surface area contributed by atoms with Crippen LogP contribution < -0.4 is 27.0 Å². The molecule has 184 valence electrons. The van der Waals surface area contributed by atoms with Gasteiger partial charge in [0.2, 0.25) is 5.62 Å². The van der Waals surface area contributed by atoms with Crippen molar-refractivity contribution in [2.24, 2.45) is 18.0 Å². The maximum Gasteiger partial charge on any atom is 0.433 e. The number of fused-ring (bicyclic) bond motifs is 1. The van der Waals surface area contributed by atoms with Crippen molar-refractivity contribution in [3.8, 4) is 0 Å². The molecule has 11 heteroatoms. The van der Waals surface area contributed by atoms with Crippen molar-refractivity contribution < 1.29 is 13.2 Å². The number of alkyl halides is 3. The van der Waals surface area contributed by atoms with Crippen molar-refractivity contribution in [3.05, 3.63) is 50.6 Å². The third-order valence-electron chi connectivity index (χ3n) is 6.53. The lowest BCUT2D eigenvalue weighted by Gasteiger charge is -2.20. The van der Waals surface area contributed by atoms with Crippen LogP contribution in [0.15, 0.2) is 23.3 Å². The molecule has 0 amide bonds. The molecule has 1 atom stereocenters. The van der Waals surface area contributed by atoms with Gasteiger partial charge in [0.1, 0.15) is 21.6 Å². The first kappa shape index (κ1) is 24.4. The summed E-state index contributed by atoms with van der Waals surface area (Å²) in [5.41, 5.74) is 0.647. The Balaban J connectivity index is 1.75. The maximum absolute atomic E-state index is 12.9. The fourth-order valence-corrected chi connectivity index (χ4v) is 4.72. The molecule has 0 bridgehead atoms. The molecule has 34 heavy (non-hydrogen) atoms. The van der Waals surface area contributed by atoms with Crippen LogP contribution in [0.2, 0.25) is 0 Å². The molecule has 0 saturated heterocycles. The van der Waals surface area contributed by atoms with Gasteiger partial charge in [0.15, 0.2) is 0 Å². The molecule has 1 aliphatic carbocycles. The normalized spacial score (nSPS) is 19.2. The summed E-state index contributed by atoms with van der Waals surface area (Å²) in [5.74, 6) is 0.961. The van der Waals surface area contributed by atoms with E-state index in [4.69, 9.17) is 22.6 Å². The first-order chi connectivity index (χ1) is 16.1. The molecular weight excluding hydrogens is 463 g/mol. The van der Waals surface area contributed by atoms with E-state index < -0.39 is 11.9 Å². The Labute approximate surface area is 201 Å². The van der Waals surface area contributed by atoms with Gasteiger partial charge >= 0.3 is 6.18 Å². The zero-order chi connectivity index (χ0) is 24.6. The van der Waals surface area contributed by atoms with Crippen molar-refractivity contribution in [1.29, 1.82) is 5.41 Å². The number of nitrogens with zero attached hydrogens (tertiary/aromatic N) is 4. The van der Waals surface area contributed by atoms with Crippen LogP contribution in [0.3, 0.4) is 0 Å².